The quantitative estimate of drug-likeness (QED) is 0.911. The number of carboxylic acids is 1. The zero-order chi connectivity index (χ0) is 13.1. The molecule has 1 heterocycles. The summed E-state index contributed by atoms with van der Waals surface area (Å²) in [6.07, 6.45) is 0.479. The second-order valence-corrected chi connectivity index (χ2v) is 4.90. The fourth-order valence-electron chi connectivity index (χ4n) is 1.73. The Morgan fingerprint density at radius 3 is 2.94 bits per heavy atom. The molecular formula is C13H13BrN2O2. The Bertz CT molecular complexity index is 578. The van der Waals surface area contributed by atoms with E-state index in [-0.39, 0.29) is 6.42 Å². The zero-order valence-corrected chi connectivity index (χ0v) is 11.5. The minimum absolute atomic E-state index is 0.0766. The molecule has 0 aliphatic rings. The van der Waals surface area contributed by atoms with E-state index in [1.807, 2.05) is 31.2 Å². The normalized spacial score (nSPS) is 10.6. The minimum Gasteiger partial charge on any atom is -0.481 e. The van der Waals surface area contributed by atoms with Gasteiger partial charge in [-0.15, -0.1) is 0 Å². The highest BCUT2D eigenvalue weighted by atomic mass is 79.9. The molecule has 0 amide bonds. The zero-order valence-electron chi connectivity index (χ0n) is 9.90. The summed E-state index contributed by atoms with van der Waals surface area (Å²) in [6.45, 7) is 2.02. The number of carboxylic acid groups (broad SMARTS) is 1. The van der Waals surface area contributed by atoms with Crippen LogP contribution in [0.4, 0.5) is 0 Å². The first kappa shape index (κ1) is 12.8. The van der Waals surface area contributed by atoms with Gasteiger partial charge in [0, 0.05) is 12.0 Å². The number of halogens is 1. The van der Waals surface area contributed by atoms with Crippen molar-refractivity contribution in [1.29, 1.82) is 0 Å². The van der Waals surface area contributed by atoms with Gasteiger partial charge in [-0.05, 0) is 28.9 Å². The standard InChI is InChI=1S/C13H13BrN2O2/c1-8-3-2-4-9(7-8)12-13(14)16-10(15-12)5-6-11(17)18/h2-4,7H,5-6H2,1H3,(H,15,16)(H,17,18). The van der Waals surface area contributed by atoms with Gasteiger partial charge in [-0.3, -0.25) is 4.79 Å². The summed E-state index contributed by atoms with van der Waals surface area (Å²) in [7, 11) is 0. The third-order valence-corrected chi connectivity index (χ3v) is 3.15. The number of benzene rings is 1. The number of H-pyrrole nitrogens is 1. The molecule has 2 rings (SSSR count). The molecule has 2 aromatic rings. The molecule has 5 heteroatoms. The molecule has 0 fully saturated rings. The van der Waals surface area contributed by atoms with E-state index in [1.54, 1.807) is 0 Å². The smallest absolute Gasteiger partial charge is 0.303 e. The van der Waals surface area contributed by atoms with Crippen LogP contribution in [-0.2, 0) is 11.2 Å². The van der Waals surface area contributed by atoms with Gasteiger partial charge in [0.05, 0.1) is 6.42 Å². The molecule has 0 radical (unpaired) electrons. The van der Waals surface area contributed by atoms with Crippen LogP contribution in [0.25, 0.3) is 11.3 Å². The van der Waals surface area contributed by atoms with Crippen molar-refractivity contribution < 1.29 is 9.90 Å². The van der Waals surface area contributed by atoms with Crippen molar-refractivity contribution in [1.82, 2.24) is 9.97 Å². The SMILES string of the molecule is Cc1cccc(-c2nc(CCC(=O)O)[nH]c2Br)c1. The van der Waals surface area contributed by atoms with E-state index in [4.69, 9.17) is 5.11 Å². The first-order valence-corrected chi connectivity index (χ1v) is 6.39. The van der Waals surface area contributed by atoms with Gasteiger partial charge < -0.3 is 10.1 Å². The van der Waals surface area contributed by atoms with Gasteiger partial charge in [-0.2, -0.15) is 0 Å². The van der Waals surface area contributed by atoms with Crippen molar-refractivity contribution in [3.8, 4) is 11.3 Å². The number of aryl methyl sites for hydroxylation is 2. The van der Waals surface area contributed by atoms with Gasteiger partial charge in [0.1, 0.15) is 16.1 Å². The number of imidazole rings is 1. The Balaban J connectivity index is 2.26. The molecule has 1 aromatic heterocycles. The van der Waals surface area contributed by atoms with Crippen LogP contribution >= 0.6 is 15.9 Å². The third kappa shape index (κ3) is 2.98. The number of nitrogens with zero attached hydrogens (tertiary/aromatic N) is 1. The summed E-state index contributed by atoms with van der Waals surface area (Å²) in [4.78, 5) is 18.0. The molecule has 94 valence electrons. The summed E-state index contributed by atoms with van der Waals surface area (Å²) in [5, 5.41) is 8.65. The van der Waals surface area contributed by atoms with Gasteiger partial charge in [0.2, 0.25) is 0 Å². The summed E-state index contributed by atoms with van der Waals surface area (Å²) >= 11 is 3.42. The molecule has 1 aromatic carbocycles. The number of aliphatic carboxylic acids is 1. The van der Waals surface area contributed by atoms with Crippen molar-refractivity contribution >= 4 is 21.9 Å². The number of nitrogens with one attached hydrogen (secondary N) is 1. The molecular weight excluding hydrogens is 296 g/mol. The van der Waals surface area contributed by atoms with Gasteiger partial charge in [-0.1, -0.05) is 23.8 Å². The van der Waals surface area contributed by atoms with Gasteiger partial charge in [0.15, 0.2) is 0 Å². The van der Waals surface area contributed by atoms with Crippen LogP contribution in [0.3, 0.4) is 0 Å². The summed E-state index contributed by atoms with van der Waals surface area (Å²) in [6, 6.07) is 8.02. The Hall–Kier alpha value is -1.62. The molecule has 0 spiro atoms. The molecule has 18 heavy (non-hydrogen) atoms. The lowest BCUT2D eigenvalue weighted by Crippen LogP contribution is -1.98. The van der Waals surface area contributed by atoms with Crippen LogP contribution in [0.1, 0.15) is 17.8 Å². The topological polar surface area (TPSA) is 66.0 Å². The molecule has 0 bridgehead atoms. The van der Waals surface area contributed by atoms with E-state index in [0.29, 0.717) is 12.2 Å². The molecule has 0 atom stereocenters. The number of rotatable bonds is 4. The van der Waals surface area contributed by atoms with Gasteiger partial charge >= 0.3 is 5.97 Å². The minimum atomic E-state index is -0.820. The first-order valence-electron chi connectivity index (χ1n) is 5.59. The average molecular weight is 309 g/mol. The summed E-state index contributed by atoms with van der Waals surface area (Å²) < 4.78 is 0.786. The van der Waals surface area contributed by atoms with E-state index in [1.165, 1.54) is 0 Å². The van der Waals surface area contributed by atoms with E-state index >= 15 is 0 Å². The van der Waals surface area contributed by atoms with Crippen molar-refractivity contribution in [3.63, 3.8) is 0 Å². The second-order valence-electron chi connectivity index (χ2n) is 4.11. The Labute approximate surface area is 113 Å². The second kappa shape index (κ2) is 5.35. The Morgan fingerprint density at radius 2 is 2.28 bits per heavy atom. The monoisotopic (exact) mass is 308 g/mol. The van der Waals surface area contributed by atoms with Crippen molar-refractivity contribution in [2.75, 3.05) is 0 Å². The predicted octanol–water partition coefficient (Wildman–Crippen LogP) is 3.16. The lowest BCUT2D eigenvalue weighted by molar-refractivity contribution is -0.137. The number of aromatic nitrogens is 2. The highest BCUT2D eigenvalue weighted by molar-refractivity contribution is 9.10. The van der Waals surface area contributed by atoms with Crippen molar-refractivity contribution in [2.24, 2.45) is 0 Å². The number of aromatic amines is 1. The van der Waals surface area contributed by atoms with Crippen molar-refractivity contribution in [3.05, 3.63) is 40.3 Å². The molecule has 0 saturated carbocycles. The van der Waals surface area contributed by atoms with Crippen LogP contribution in [0.15, 0.2) is 28.9 Å². The number of carbonyl (C=O) groups is 1. The maximum absolute atomic E-state index is 10.5. The summed E-state index contributed by atoms with van der Waals surface area (Å²) in [5.74, 6) is -0.139. The fourth-order valence-corrected chi connectivity index (χ4v) is 2.27. The fraction of sp³-hybridized carbons (Fsp3) is 0.231. The lowest BCUT2D eigenvalue weighted by atomic mass is 10.1. The van der Waals surface area contributed by atoms with Crippen LogP contribution in [-0.4, -0.2) is 21.0 Å². The van der Waals surface area contributed by atoms with Crippen LogP contribution in [0, 0.1) is 6.92 Å². The van der Waals surface area contributed by atoms with Crippen LogP contribution in [0.5, 0.6) is 0 Å². The van der Waals surface area contributed by atoms with Crippen molar-refractivity contribution in [2.45, 2.75) is 19.8 Å². The highest BCUT2D eigenvalue weighted by Crippen LogP contribution is 2.26. The third-order valence-electron chi connectivity index (χ3n) is 2.58. The molecule has 2 N–H and O–H groups in total. The highest BCUT2D eigenvalue weighted by Gasteiger charge is 2.11. The maximum atomic E-state index is 10.5. The number of hydrogen-bond acceptors (Lipinski definition) is 2. The largest absolute Gasteiger partial charge is 0.481 e. The number of hydrogen-bond donors (Lipinski definition) is 2. The van der Waals surface area contributed by atoms with Gasteiger partial charge in [-0.25, -0.2) is 4.98 Å². The van der Waals surface area contributed by atoms with Crippen LogP contribution in [0.2, 0.25) is 0 Å². The molecule has 0 aliphatic carbocycles. The van der Waals surface area contributed by atoms with E-state index in [9.17, 15) is 4.79 Å². The van der Waals surface area contributed by atoms with Gasteiger partial charge in [0.25, 0.3) is 0 Å². The average Bonchev–Trinajstić information content (AvgIpc) is 2.68. The Kier molecular flexibility index (Phi) is 3.81. The molecule has 0 aliphatic heterocycles. The lowest BCUT2D eigenvalue weighted by Gasteiger charge is -1.98. The molecule has 0 saturated heterocycles. The van der Waals surface area contributed by atoms with Crippen LogP contribution < -0.4 is 0 Å². The summed E-state index contributed by atoms with van der Waals surface area (Å²) in [5.41, 5.74) is 2.99. The first-order chi connectivity index (χ1) is 8.56. The van der Waals surface area contributed by atoms with E-state index < -0.39 is 5.97 Å². The van der Waals surface area contributed by atoms with E-state index in [2.05, 4.69) is 25.9 Å². The molecule has 4 nitrogen and oxygen atoms in total. The van der Waals surface area contributed by atoms with E-state index in [0.717, 1.165) is 21.4 Å². The maximum Gasteiger partial charge on any atom is 0.303 e. The molecule has 0 unspecified atom stereocenters. The predicted molar refractivity (Wildman–Crippen MR) is 72.4 cm³/mol. The Morgan fingerprint density at radius 1 is 1.50 bits per heavy atom.